The fourth-order valence-corrected chi connectivity index (χ4v) is 2.42. The van der Waals surface area contributed by atoms with Crippen molar-refractivity contribution in [2.75, 3.05) is 0 Å². The first-order chi connectivity index (χ1) is 10.3. The van der Waals surface area contributed by atoms with E-state index in [0.29, 0.717) is 0 Å². The van der Waals surface area contributed by atoms with E-state index in [1.54, 1.807) is 24.7 Å². The Morgan fingerprint density at radius 1 is 0.952 bits per heavy atom. The van der Waals surface area contributed by atoms with Crippen molar-refractivity contribution < 1.29 is 4.39 Å². The van der Waals surface area contributed by atoms with E-state index in [4.69, 9.17) is 0 Å². The van der Waals surface area contributed by atoms with Crippen LogP contribution in [0.4, 0.5) is 4.39 Å². The van der Waals surface area contributed by atoms with Gasteiger partial charge in [-0.25, -0.2) is 9.37 Å². The van der Waals surface area contributed by atoms with Crippen LogP contribution in [0.15, 0.2) is 55.0 Å². The van der Waals surface area contributed by atoms with Crippen LogP contribution < -0.4 is 0 Å². The molecule has 2 N–H and O–H groups in total. The zero-order valence-corrected chi connectivity index (χ0v) is 11.0. The Bertz CT molecular complexity index is 892. The topological polar surface area (TPSA) is 57.4 Å². The van der Waals surface area contributed by atoms with Crippen molar-refractivity contribution in [3.05, 3.63) is 60.8 Å². The second-order valence-electron chi connectivity index (χ2n) is 4.80. The molecule has 2 aromatic carbocycles. The van der Waals surface area contributed by atoms with Crippen molar-refractivity contribution in [1.82, 2.24) is 20.2 Å². The van der Waals surface area contributed by atoms with Gasteiger partial charge in [-0.15, -0.1) is 0 Å². The van der Waals surface area contributed by atoms with E-state index < -0.39 is 0 Å². The van der Waals surface area contributed by atoms with Gasteiger partial charge in [-0.2, -0.15) is 5.10 Å². The van der Waals surface area contributed by atoms with Gasteiger partial charge in [0.25, 0.3) is 0 Å². The molecule has 2 aromatic heterocycles. The molecular weight excluding hydrogens is 267 g/mol. The van der Waals surface area contributed by atoms with Gasteiger partial charge in [-0.3, -0.25) is 5.10 Å². The molecule has 0 saturated heterocycles. The Morgan fingerprint density at radius 3 is 2.52 bits per heavy atom. The molecule has 0 aliphatic heterocycles. The average Bonchev–Trinajstić information content (AvgIpc) is 3.17. The third-order valence-corrected chi connectivity index (χ3v) is 3.49. The van der Waals surface area contributed by atoms with E-state index in [0.717, 1.165) is 33.4 Å². The van der Waals surface area contributed by atoms with Crippen LogP contribution in [0.3, 0.4) is 0 Å². The number of halogens is 1. The number of aromatic amines is 2. The zero-order valence-electron chi connectivity index (χ0n) is 11.0. The van der Waals surface area contributed by atoms with Gasteiger partial charge in [0.1, 0.15) is 5.82 Å². The van der Waals surface area contributed by atoms with Gasteiger partial charge in [-0.1, -0.05) is 6.07 Å². The Balaban J connectivity index is 1.90. The van der Waals surface area contributed by atoms with Crippen molar-refractivity contribution in [1.29, 1.82) is 0 Å². The number of hydrogen-bond donors (Lipinski definition) is 2. The van der Waals surface area contributed by atoms with E-state index in [1.807, 2.05) is 18.2 Å². The summed E-state index contributed by atoms with van der Waals surface area (Å²) in [6, 6.07) is 12.4. The number of rotatable bonds is 2. The molecule has 102 valence electrons. The first kappa shape index (κ1) is 11.8. The van der Waals surface area contributed by atoms with Gasteiger partial charge < -0.3 is 4.98 Å². The lowest BCUT2D eigenvalue weighted by Crippen LogP contribution is -1.81. The number of imidazole rings is 1. The Hall–Kier alpha value is -2.95. The van der Waals surface area contributed by atoms with E-state index in [-0.39, 0.29) is 5.82 Å². The molecule has 0 radical (unpaired) electrons. The van der Waals surface area contributed by atoms with E-state index >= 15 is 0 Å². The lowest BCUT2D eigenvalue weighted by atomic mass is 10.0. The van der Waals surface area contributed by atoms with Gasteiger partial charge in [0.05, 0.1) is 29.4 Å². The number of benzene rings is 2. The summed E-state index contributed by atoms with van der Waals surface area (Å²) in [6.07, 6.45) is 3.43. The first-order valence-corrected chi connectivity index (χ1v) is 6.54. The number of nitrogens with one attached hydrogen (secondary N) is 2. The summed E-state index contributed by atoms with van der Waals surface area (Å²) in [5.74, 6) is -0.253. The number of hydrogen-bond acceptors (Lipinski definition) is 2. The minimum absolute atomic E-state index is 0.253. The summed E-state index contributed by atoms with van der Waals surface area (Å²) < 4.78 is 13.1. The number of H-pyrrole nitrogens is 2. The van der Waals surface area contributed by atoms with Crippen LogP contribution in [-0.4, -0.2) is 20.2 Å². The molecule has 4 nitrogen and oxygen atoms in total. The van der Waals surface area contributed by atoms with Gasteiger partial charge in [-0.05, 0) is 36.4 Å². The fourth-order valence-electron chi connectivity index (χ4n) is 2.42. The molecular formula is C16H11FN4. The molecule has 0 aliphatic rings. The largest absolute Gasteiger partial charge is 0.345 e. The highest BCUT2D eigenvalue weighted by molar-refractivity contribution is 5.95. The Morgan fingerprint density at radius 2 is 1.76 bits per heavy atom. The summed E-state index contributed by atoms with van der Waals surface area (Å²) in [6.45, 7) is 0. The predicted molar refractivity (Wildman–Crippen MR) is 79.1 cm³/mol. The molecule has 2 heterocycles. The Labute approximate surface area is 119 Å². The normalized spacial score (nSPS) is 11.1. The predicted octanol–water partition coefficient (Wildman–Crippen LogP) is 3.76. The van der Waals surface area contributed by atoms with Crippen molar-refractivity contribution in [3.8, 4) is 22.5 Å². The van der Waals surface area contributed by atoms with Crippen molar-refractivity contribution in [2.45, 2.75) is 0 Å². The first-order valence-electron chi connectivity index (χ1n) is 6.54. The Kier molecular flexibility index (Phi) is 2.57. The average molecular weight is 278 g/mol. The molecule has 0 amide bonds. The maximum atomic E-state index is 13.1. The van der Waals surface area contributed by atoms with Crippen LogP contribution in [0.25, 0.3) is 33.4 Å². The van der Waals surface area contributed by atoms with Gasteiger partial charge in [0.2, 0.25) is 0 Å². The molecule has 0 atom stereocenters. The lowest BCUT2D eigenvalue weighted by Gasteiger charge is -2.00. The minimum Gasteiger partial charge on any atom is -0.345 e. The van der Waals surface area contributed by atoms with Crippen molar-refractivity contribution in [2.24, 2.45) is 0 Å². The molecule has 4 rings (SSSR count). The third-order valence-electron chi connectivity index (χ3n) is 3.49. The van der Waals surface area contributed by atoms with Crippen LogP contribution in [0, 0.1) is 5.82 Å². The second kappa shape index (κ2) is 4.56. The molecule has 0 unspecified atom stereocenters. The van der Waals surface area contributed by atoms with Crippen LogP contribution in [0.2, 0.25) is 0 Å². The van der Waals surface area contributed by atoms with Crippen LogP contribution in [-0.2, 0) is 0 Å². The second-order valence-corrected chi connectivity index (χ2v) is 4.80. The van der Waals surface area contributed by atoms with E-state index in [2.05, 4.69) is 20.2 Å². The van der Waals surface area contributed by atoms with Gasteiger partial charge in [0, 0.05) is 16.5 Å². The number of fused-ring (bicyclic) bond motifs is 1. The third kappa shape index (κ3) is 1.99. The molecule has 0 saturated carbocycles. The number of aromatic nitrogens is 4. The highest BCUT2D eigenvalue weighted by Gasteiger charge is 2.10. The maximum Gasteiger partial charge on any atom is 0.123 e. The SMILES string of the molecule is Fc1ccc(-c2n[nH]c3ccc(-c4cnc[nH]4)cc23)cc1. The molecule has 4 aromatic rings. The molecule has 0 fully saturated rings. The standard InChI is InChI=1S/C16H11FN4/c17-12-4-1-10(2-5-12)16-13-7-11(15-8-18-9-19-15)3-6-14(13)20-21-16/h1-9H,(H,18,19)(H,20,21). The molecule has 21 heavy (non-hydrogen) atoms. The maximum absolute atomic E-state index is 13.1. The summed E-state index contributed by atoms with van der Waals surface area (Å²) in [4.78, 5) is 7.12. The highest BCUT2D eigenvalue weighted by Crippen LogP contribution is 2.29. The number of nitrogens with zero attached hydrogens (tertiary/aromatic N) is 2. The van der Waals surface area contributed by atoms with Gasteiger partial charge >= 0.3 is 0 Å². The van der Waals surface area contributed by atoms with Crippen molar-refractivity contribution in [3.63, 3.8) is 0 Å². The summed E-state index contributed by atoms with van der Waals surface area (Å²) in [5, 5.41) is 8.34. The van der Waals surface area contributed by atoms with Crippen LogP contribution in [0.5, 0.6) is 0 Å². The summed E-state index contributed by atoms with van der Waals surface area (Å²) in [7, 11) is 0. The van der Waals surface area contributed by atoms with Gasteiger partial charge in [0.15, 0.2) is 0 Å². The smallest absolute Gasteiger partial charge is 0.123 e. The van der Waals surface area contributed by atoms with E-state index in [1.165, 1.54) is 12.1 Å². The molecule has 0 aliphatic carbocycles. The minimum atomic E-state index is -0.253. The van der Waals surface area contributed by atoms with Crippen LogP contribution >= 0.6 is 0 Å². The lowest BCUT2D eigenvalue weighted by molar-refractivity contribution is 0.628. The summed E-state index contributed by atoms with van der Waals surface area (Å²) in [5.41, 5.74) is 4.61. The summed E-state index contributed by atoms with van der Waals surface area (Å²) >= 11 is 0. The molecule has 5 heteroatoms. The monoisotopic (exact) mass is 278 g/mol. The van der Waals surface area contributed by atoms with E-state index in [9.17, 15) is 4.39 Å². The quantitative estimate of drug-likeness (QED) is 0.586. The molecule has 0 spiro atoms. The van der Waals surface area contributed by atoms with Crippen LogP contribution in [0.1, 0.15) is 0 Å². The highest BCUT2D eigenvalue weighted by atomic mass is 19.1. The molecule has 0 bridgehead atoms. The van der Waals surface area contributed by atoms with Crippen molar-refractivity contribution >= 4 is 10.9 Å². The zero-order chi connectivity index (χ0) is 14.2. The fraction of sp³-hybridized carbons (Fsp3) is 0.